The molecule has 5 heterocycles. The molecular weight excluding hydrogens is 1430 g/mol. The third kappa shape index (κ3) is 15.6. The zero-order valence-corrected chi connectivity index (χ0v) is 65.8. The second kappa shape index (κ2) is 34.4. The summed E-state index contributed by atoms with van der Waals surface area (Å²) >= 11 is 0. The molecule has 552 valence electrons. The van der Waals surface area contributed by atoms with Gasteiger partial charge in [-0.05, 0) is 125 Å². The number of aryl methyl sites for hydroxylation is 2. The van der Waals surface area contributed by atoms with Gasteiger partial charge < -0.3 is 21.7 Å². The van der Waals surface area contributed by atoms with Crippen molar-refractivity contribution in [3.8, 4) is 141 Å². The molecule has 14 heteroatoms. The van der Waals surface area contributed by atoms with Gasteiger partial charge in [0.25, 0.3) is 0 Å². The molecule has 0 radical (unpaired) electrons. The summed E-state index contributed by atoms with van der Waals surface area (Å²) in [5.41, 5.74) is 21.9. The Labute approximate surface area is 708 Å². The summed E-state index contributed by atoms with van der Waals surface area (Å²) in [6, 6.07) is 131. The molecular formula is C104H73Li2N11O. The Hall–Kier alpha value is -14.3. The quantitative estimate of drug-likeness (QED) is 0.0657. The van der Waals surface area contributed by atoms with Crippen molar-refractivity contribution in [2.24, 2.45) is 14.1 Å². The molecule has 0 aliphatic carbocycles. The number of fused-ring (bicyclic) bond motifs is 7. The van der Waals surface area contributed by atoms with E-state index in [0.29, 0.717) is 40.5 Å². The predicted molar refractivity (Wildman–Crippen MR) is 474 cm³/mol. The molecule has 0 N–H and O–H groups in total. The Morgan fingerprint density at radius 1 is 0.229 bits per heavy atom. The van der Waals surface area contributed by atoms with Gasteiger partial charge in [0, 0.05) is 64.8 Å². The SMILES string of the molecule is Cn1c(-c2ccc(-c3ccc4ccc(-c5ccc(-c6nc7ccccc7n6C)cc5)cc4c3)cc2)nc2ccccc21.[CH3-].[Li+].[Li+].[O-]c1cccc2cccnc12.c1ccc(-c2nc(-c3ccccc3)nc(-c3ccc(-c4c(-c5ccc(-c6nc(-c7ccccc7)nc(-c7ccccc7)n6)cc5)c5ccccc5c5ccccc45)cc3)n2)cc1. The summed E-state index contributed by atoms with van der Waals surface area (Å²) in [6.07, 6.45) is 1.63. The molecule has 0 amide bonds. The summed E-state index contributed by atoms with van der Waals surface area (Å²) < 4.78 is 4.32. The van der Waals surface area contributed by atoms with Crippen molar-refractivity contribution in [2.75, 3.05) is 0 Å². The second-order valence-electron chi connectivity index (χ2n) is 28.3. The minimum Gasteiger partial charge on any atom is -0.871 e. The number of hydrogen-bond donors (Lipinski definition) is 0. The number of rotatable bonds is 12. The van der Waals surface area contributed by atoms with Crippen LogP contribution in [-0.2, 0) is 14.1 Å². The van der Waals surface area contributed by atoms with Crippen LogP contribution in [0.4, 0.5) is 0 Å². The summed E-state index contributed by atoms with van der Waals surface area (Å²) in [7, 11) is 4.15. The predicted octanol–water partition coefficient (Wildman–Crippen LogP) is 18.7. The third-order valence-electron chi connectivity index (χ3n) is 21.2. The Morgan fingerprint density at radius 3 is 0.890 bits per heavy atom. The van der Waals surface area contributed by atoms with Crippen LogP contribution in [0.1, 0.15) is 0 Å². The number of benzene rings is 16. The third-order valence-corrected chi connectivity index (χ3v) is 21.2. The van der Waals surface area contributed by atoms with Gasteiger partial charge in [-0.15, -0.1) is 0 Å². The standard InChI is InChI=1S/C56H36N6.C38H28N4.C9H7NO.CH3.2Li/c1-5-17-39(18-6-1)51-57-52(40-19-7-2-8-20-40)60-55(59-51)43-33-29-37(30-34-43)49-47-27-15-13-25-45(47)46-26-14-16-28-48(46)50(49)38-31-35-44(36-32-38)56-61-53(41-21-9-3-10-22-41)58-54(62-56)42-23-11-4-12-24-42;1-41-35-9-5-3-7-33(35)39-37(41)28-17-11-25(12-18-28)30-21-15-27-16-22-31(24-32(27)23-30)26-13-19-29(20-14-26)38-40-34-8-4-6-10-36(34)42(38)2;11-8-5-1-3-7-4-2-6-10-9(7)8;;;/h1-36H;3-24H,1-2H3;1-6,11H;1H3;;/q;;;-1;2*+1/p-1. The van der Waals surface area contributed by atoms with Crippen LogP contribution in [0.2, 0.25) is 0 Å². The van der Waals surface area contributed by atoms with Crippen LogP contribution in [0.15, 0.2) is 388 Å². The van der Waals surface area contributed by atoms with Gasteiger partial charge in [-0.2, -0.15) is 0 Å². The maximum Gasteiger partial charge on any atom is 1.00 e. The monoisotopic (exact) mass is 1510 g/mol. The zero-order valence-electron chi connectivity index (χ0n) is 65.8. The number of para-hydroxylation sites is 5. The Bertz CT molecular complexity index is 6650. The number of aromatic nitrogens is 11. The van der Waals surface area contributed by atoms with Crippen molar-refractivity contribution in [3.05, 3.63) is 396 Å². The molecule has 0 saturated carbocycles. The molecule has 0 unspecified atom stereocenters. The molecule has 0 aliphatic rings. The van der Waals surface area contributed by atoms with Gasteiger partial charge in [-0.3, -0.25) is 4.98 Å². The van der Waals surface area contributed by atoms with E-state index in [-0.39, 0.29) is 50.9 Å². The molecule has 16 aromatic carbocycles. The topological polar surface area (TPSA) is 149 Å². The first-order valence-electron chi connectivity index (χ1n) is 38.2. The van der Waals surface area contributed by atoms with E-state index in [2.05, 4.69) is 247 Å². The van der Waals surface area contributed by atoms with Crippen LogP contribution in [0.25, 0.3) is 201 Å². The first kappa shape index (κ1) is 77.6. The second-order valence-corrected chi connectivity index (χ2v) is 28.3. The summed E-state index contributed by atoms with van der Waals surface area (Å²) in [5, 5.41) is 19.2. The number of imidazole rings is 2. The fourth-order valence-electron chi connectivity index (χ4n) is 15.3. The van der Waals surface area contributed by atoms with Gasteiger partial charge in [-0.1, -0.05) is 345 Å². The average molecular weight is 1510 g/mol. The van der Waals surface area contributed by atoms with E-state index in [9.17, 15) is 5.11 Å². The number of hydrogen-bond acceptors (Lipinski definition) is 10. The summed E-state index contributed by atoms with van der Waals surface area (Å²) in [4.78, 5) is 43.5. The van der Waals surface area contributed by atoms with Crippen LogP contribution in [0.3, 0.4) is 0 Å². The minimum absolute atomic E-state index is 0. The normalized spacial score (nSPS) is 11.0. The van der Waals surface area contributed by atoms with E-state index in [4.69, 9.17) is 39.9 Å². The van der Waals surface area contributed by atoms with Crippen LogP contribution in [0.5, 0.6) is 5.75 Å². The van der Waals surface area contributed by atoms with Crippen LogP contribution in [-0.4, -0.2) is 54.0 Å². The average Bonchev–Trinajstić information content (AvgIpc) is 0.948. The summed E-state index contributed by atoms with van der Waals surface area (Å²) in [5.74, 6) is 5.72. The van der Waals surface area contributed by atoms with Gasteiger partial charge in [0.2, 0.25) is 0 Å². The zero-order chi connectivity index (χ0) is 77.1. The van der Waals surface area contributed by atoms with Gasteiger partial charge >= 0.3 is 37.7 Å². The largest absolute Gasteiger partial charge is 1.00 e. The number of pyridine rings is 1. The molecule has 0 atom stereocenters. The van der Waals surface area contributed by atoms with E-state index in [1.807, 2.05) is 152 Å². The van der Waals surface area contributed by atoms with Crippen molar-refractivity contribution in [3.63, 3.8) is 0 Å². The fraction of sp³-hybridized carbons (Fsp3) is 0.0192. The molecule has 0 fully saturated rings. The maximum atomic E-state index is 11.1. The van der Waals surface area contributed by atoms with Crippen LogP contribution in [0, 0.1) is 7.43 Å². The van der Waals surface area contributed by atoms with Crippen LogP contribution >= 0.6 is 0 Å². The summed E-state index contributed by atoms with van der Waals surface area (Å²) in [6.45, 7) is 0. The first-order valence-corrected chi connectivity index (χ1v) is 38.2. The van der Waals surface area contributed by atoms with E-state index >= 15 is 0 Å². The van der Waals surface area contributed by atoms with E-state index in [1.54, 1.807) is 12.3 Å². The van der Waals surface area contributed by atoms with Gasteiger partial charge in [0.1, 0.15) is 11.6 Å². The van der Waals surface area contributed by atoms with E-state index in [0.717, 1.165) is 106 Å². The molecule has 5 aromatic heterocycles. The molecule has 12 nitrogen and oxygen atoms in total. The van der Waals surface area contributed by atoms with Crippen molar-refractivity contribution in [1.29, 1.82) is 0 Å². The Balaban J connectivity index is 0.000000160. The van der Waals surface area contributed by atoms with Gasteiger partial charge in [0.15, 0.2) is 34.9 Å². The van der Waals surface area contributed by atoms with E-state index in [1.165, 1.54) is 60.6 Å². The molecule has 0 saturated heterocycles. The number of nitrogens with zero attached hydrogens (tertiary/aromatic N) is 11. The molecule has 21 rings (SSSR count). The van der Waals surface area contributed by atoms with Crippen molar-refractivity contribution < 1.29 is 42.8 Å². The molecule has 0 spiro atoms. The van der Waals surface area contributed by atoms with Crippen LogP contribution < -0.4 is 42.8 Å². The fourth-order valence-corrected chi connectivity index (χ4v) is 15.3. The molecule has 118 heavy (non-hydrogen) atoms. The Kier molecular flexibility index (Phi) is 22.6. The Morgan fingerprint density at radius 2 is 0.525 bits per heavy atom. The van der Waals surface area contributed by atoms with Crippen molar-refractivity contribution in [2.45, 2.75) is 0 Å². The minimum atomic E-state index is -0.0110. The van der Waals surface area contributed by atoms with Gasteiger partial charge in [-0.25, -0.2) is 39.9 Å². The molecule has 21 aromatic rings. The smallest absolute Gasteiger partial charge is 0.871 e. The molecule has 0 aliphatic heterocycles. The van der Waals surface area contributed by atoms with Crippen molar-refractivity contribution >= 4 is 65.3 Å². The van der Waals surface area contributed by atoms with E-state index < -0.39 is 0 Å². The van der Waals surface area contributed by atoms with Gasteiger partial charge in [0.05, 0.1) is 27.6 Å². The van der Waals surface area contributed by atoms with Crippen molar-refractivity contribution in [1.82, 2.24) is 54.0 Å². The molecule has 0 bridgehead atoms. The maximum absolute atomic E-state index is 11.1. The first-order chi connectivity index (χ1) is 56.7.